The van der Waals surface area contributed by atoms with Crippen molar-refractivity contribution in [1.82, 2.24) is 19.5 Å². The van der Waals surface area contributed by atoms with Crippen LogP contribution < -0.4 is 0 Å². The molecular formula is C42H30N4. The van der Waals surface area contributed by atoms with Crippen LogP contribution in [0.5, 0.6) is 0 Å². The van der Waals surface area contributed by atoms with Crippen LogP contribution in [0.15, 0.2) is 146 Å². The molecule has 0 amide bonds. The molecule has 0 atom stereocenters. The van der Waals surface area contributed by atoms with Gasteiger partial charge in [0, 0.05) is 27.3 Å². The van der Waals surface area contributed by atoms with E-state index in [1.165, 1.54) is 44.2 Å². The second-order valence-corrected chi connectivity index (χ2v) is 12.5. The van der Waals surface area contributed by atoms with Crippen LogP contribution in [-0.4, -0.2) is 19.5 Å². The summed E-state index contributed by atoms with van der Waals surface area (Å²) in [7, 11) is 0. The Kier molecular flexibility index (Phi) is 5.81. The van der Waals surface area contributed by atoms with Gasteiger partial charge in [-0.2, -0.15) is 9.97 Å². The number of hydrogen-bond donors (Lipinski definition) is 0. The Morgan fingerprint density at radius 2 is 1.00 bits per heavy atom. The summed E-state index contributed by atoms with van der Waals surface area (Å²) in [6, 6.07) is 51.2. The first kappa shape index (κ1) is 26.5. The van der Waals surface area contributed by atoms with E-state index in [1.54, 1.807) is 0 Å². The molecule has 0 unspecified atom stereocenters. The van der Waals surface area contributed by atoms with Gasteiger partial charge < -0.3 is 0 Å². The summed E-state index contributed by atoms with van der Waals surface area (Å²) in [6.07, 6.45) is 0. The second-order valence-electron chi connectivity index (χ2n) is 12.5. The molecule has 0 radical (unpaired) electrons. The number of benzene rings is 6. The highest BCUT2D eigenvalue weighted by atomic mass is 15.2. The van der Waals surface area contributed by atoms with E-state index in [9.17, 15) is 0 Å². The molecule has 2 heterocycles. The quantitative estimate of drug-likeness (QED) is 0.205. The summed E-state index contributed by atoms with van der Waals surface area (Å²) in [4.78, 5) is 15.2. The minimum atomic E-state index is -0.186. The number of hydrogen-bond acceptors (Lipinski definition) is 3. The number of fused-ring (bicyclic) bond motifs is 6. The molecule has 4 nitrogen and oxygen atoms in total. The summed E-state index contributed by atoms with van der Waals surface area (Å²) in [5, 5.41) is 2.36. The van der Waals surface area contributed by atoms with Crippen LogP contribution in [0.2, 0.25) is 0 Å². The third-order valence-electron chi connectivity index (χ3n) is 9.46. The van der Waals surface area contributed by atoms with Gasteiger partial charge in [-0.25, -0.2) is 4.98 Å². The molecule has 0 saturated carbocycles. The summed E-state index contributed by atoms with van der Waals surface area (Å²) in [6.45, 7) is 4.68. The zero-order chi connectivity index (χ0) is 30.8. The molecule has 0 aliphatic heterocycles. The van der Waals surface area contributed by atoms with Crippen LogP contribution in [-0.2, 0) is 5.41 Å². The van der Waals surface area contributed by atoms with Crippen LogP contribution in [0.3, 0.4) is 0 Å². The van der Waals surface area contributed by atoms with Gasteiger partial charge in [0.05, 0.1) is 11.0 Å². The summed E-state index contributed by atoms with van der Waals surface area (Å²) in [5.41, 5.74) is 11.6. The molecular weight excluding hydrogens is 560 g/mol. The monoisotopic (exact) mass is 590 g/mol. The van der Waals surface area contributed by atoms with E-state index in [2.05, 4.69) is 128 Å². The van der Waals surface area contributed by atoms with Gasteiger partial charge >= 0.3 is 0 Å². The van der Waals surface area contributed by atoms with Gasteiger partial charge in [0.1, 0.15) is 0 Å². The lowest BCUT2D eigenvalue weighted by Crippen LogP contribution is -2.15. The Morgan fingerprint density at radius 3 is 1.65 bits per heavy atom. The van der Waals surface area contributed by atoms with Crippen molar-refractivity contribution in [3.63, 3.8) is 0 Å². The van der Waals surface area contributed by atoms with E-state index in [0.29, 0.717) is 17.6 Å². The summed E-state index contributed by atoms with van der Waals surface area (Å²) in [5.74, 6) is 1.91. The highest BCUT2D eigenvalue weighted by Gasteiger charge is 2.37. The molecule has 1 aliphatic rings. The summed E-state index contributed by atoms with van der Waals surface area (Å²) < 4.78 is 2.22. The maximum absolute atomic E-state index is 5.13. The van der Waals surface area contributed by atoms with Crippen LogP contribution in [0.1, 0.15) is 25.0 Å². The normalized spacial score (nSPS) is 13.2. The van der Waals surface area contributed by atoms with Crippen molar-refractivity contribution in [2.45, 2.75) is 19.3 Å². The van der Waals surface area contributed by atoms with E-state index >= 15 is 0 Å². The van der Waals surface area contributed by atoms with Gasteiger partial charge in [-0.3, -0.25) is 4.57 Å². The van der Waals surface area contributed by atoms with Crippen molar-refractivity contribution in [2.75, 3.05) is 0 Å². The van der Waals surface area contributed by atoms with Crippen LogP contribution >= 0.6 is 0 Å². The smallest absolute Gasteiger partial charge is 0.238 e. The highest BCUT2D eigenvalue weighted by molar-refractivity contribution is 6.11. The third-order valence-corrected chi connectivity index (χ3v) is 9.46. The molecule has 6 aromatic carbocycles. The Bertz CT molecular complexity index is 2370. The maximum Gasteiger partial charge on any atom is 0.238 e. The molecule has 9 rings (SSSR count). The van der Waals surface area contributed by atoms with Gasteiger partial charge in [0.15, 0.2) is 11.6 Å². The lowest BCUT2D eigenvalue weighted by Gasteiger charge is -2.22. The molecule has 46 heavy (non-hydrogen) atoms. The van der Waals surface area contributed by atoms with Crippen molar-refractivity contribution in [3.8, 4) is 51.0 Å². The minimum Gasteiger partial charge on any atom is -0.278 e. The van der Waals surface area contributed by atoms with Crippen LogP contribution in [0.4, 0.5) is 0 Å². The lowest BCUT2D eigenvalue weighted by molar-refractivity contribution is 0.661. The summed E-state index contributed by atoms with van der Waals surface area (Å²) >= 11 is 0. The fourth-order valence-electron chi connectivity index (χ4n) is 7.12. The zero-order valence-electron chi connectivity index (χ0n) is 25.6. The van der Waals surface area contributed by atoms with E-state index in [-0.39, 0.29) is 5.41 Å². The predicted molar refractivity (Wildman–Crippen MR) is 188 cm³/mol. The molecule has 0 fully saturated rings. The van der Waals surface area contributed by atoms with E-state index in [1.807, 2.05) is 36.4 Å². The Labute approximate surface area is 267 Å². The molecule has 2 aromatic heterocycles. The third kappa shape index (κ3) is 4.04. The molecule has 218 valence electrons. The van der Waals surface area contributed by atoms with Crippen molar-refractivity contribution in [1.29, 1.82) is 0 Å². The first-order valence-corrected chi connectivity index (χ1v) is 15.7. The topological polar surface area (TPSA) is 43.6 Å². The molecule has 0 bridgehead atoms. The molecule has 4 heteroatoms. The Morgan fingerprint density at radius 1 is 0.435 bits per heavy atom. The Balaban J connectivity index is 1.30. The molecule has 1 aliphatic carbocycles. The van der Waals surface area contributed by atoms with Crippen molar-refractivity contribution in [3.05, 3.63) is 157 Å². The fourth-order valence-corrected chi connectivity index (χ4v) is 7.12. The second kappa shape index (κ2) is 10.1. The van der Waals surface area contributed by atoms with Crippen molar-refractivity contribution in [2.24, 2.45) is 0 Å². The standard InChI is InChI=1S/C42H30N4/c1-42(2)35-24-30(27-14-6-3-7-15-27)22-23-31(35)33-25-34-32-20-12-13-21-37(32)46(38(34)26-36(33)42)41-44-39(28-16-8-4-9-17-28)43-40(45-41)29-18-10-5-11-19-29/h3-26H,1-2H3. The number of rotatable bonds is 4. The molecule has 0 N–H and O–H groups in total. The number of aromatic nitrogens is 4. The predicted octanol–water partition coefficient (Wildman–Crippen LogP) is 10.3. The zero-order valence-corrected chi connectivity index (χ0v) is 25.6. The van der Waals surface area contributed by atoms with Crippen molar-refractivity contribution < 1.29 is 0 Å². The number of para-hydroxylation sites is 1. The fraction of sp³-hybridized carbons (Fsp3) is 0.0714. The van der Waals surface area contributed by atoms with E-state index < -0.39 is 0 Å². The van der Waals surface area contributed by atoms with Crippen LogP contribution in [0, 0.1) is 0 Å². The van der Waals surface area contributed by atoms with Crippen LogP contribution in [0.25, 0.3) is 72.8 Å². The van der Waals surface area contributed by atoms with Gasteiger partial charge in [-0.05, 0) is 57.6 Å². The van der Waals surface area contributed by atoms with E-state index in [0.717, 1.165) is 22.2 Å². The Hall–Kier alpha value is -5.87. The first-order chi connectivity index (χ1) is 22.6. The highest BCUT2D eigenvalue weighted by Crippen LogP contribution is 2.51. The average Bonchev–Trinajstić information content (AvgIpc) is 3.56. The lowest BCUT2D eigenvalue weighted by atomic mass is 9.81. The van der Waals surface area contributed by atoms with Crippen molar-refractivity contribution >= 4 is 21.8 Å². The van der Waals surface area contributed by atoms with Gasteiger partial charge in [0.2, 0.25) is 5.95 Å². The van der Waals surface area contributed by atoms with E-state index in [4.69, 9.17) is 15.0 Å². The van der Waals surface area contributed by atoms with Gasteiger partial charge in [-0.1, -0.05) is 135 Å². The van der Waals surface area contributed by atoms with Gasteiger partial charge in [-0.15, -0.1) is 0 Å². The average molecular weight is 591 g/mol. The largest absolute Gasteiger partial charge is 0.278 e. The molecule has 0 spiro atoms. The molecule has 0 saturated heterocycles. The van der Waals surface area contributed by atoms with Gasteiger partial charge in [0.25, 0.3) is 0 Å². The number of nitrogens with zero attached hydrogens (tertiary/aromatic N) is 4. The first-order valence-electron chi connectivity index (χ1n) is 15.7. The maximum atomic E-state index is 5.13. The minimum absolute atomic E-state index is 0.186. The molecule has 8 aromatic rings. The SMILES string of the molecule is CC1(C)c2cc(-c3ccccc3)ccc2-c2cc3c4ccccc4n(-c4nc(-c5ccccc5)nc(-c5ccccc5)n4)c3cc21.